The summed E-state index contributed by atoms with van der Waals surface area (Å²) in [6, 6.07) is 0. The van der Waals surface area contributed by atoms with E-state index in [1.165, 1.54) is 19.3 Å². The van der Waals surface area contributed by atoms with E-state index in [-0.39, 0.29) is 5.54 Å². The second kappa shape index (κ2) is 3.48. The Hall–Kier alpha value is -1.03. The molecular weight excluding hydrogens is 236 g/mol. The first kappa shape index (κ1) is 11.1. The summed E-state index contributed by atoms with van der Waals surface area (Å²) in [5, 5.41) is 4.45. The molecule has 1 fully saturated rings. The van der Waals surface area contributed by atoms with Crippen molar-refractivity contribution in [3.05, 3.63) is 11.5 Å². The number of fused-ring (bicyclic) bond motifs is 1. The minimum atomic E-state index is 0.180. The normalized spacial score (nSPS) is 18.6. The fourth-order valence-corrected chi connectivity index (χ4v) is 3.07. The molecule has 1 aliphatic carbocycles. The zero-order valence-electron chi connectivity index (χ0n) is 10.5. The Balaban J connectivity index is 2.33. The smallest absolute Gasteiger partial charge is 0.159 e. The highest BCUT2D eigenvalue weighted by atomic mass is 35.5. The van der Waals surface area contributed by atoms with E-state index in [1.54, 1.807) is 0 Å². The minimum absolute atomic E-state index is 0.180. The maximum atomic E-state index is 6.04. The van der Waals surface area contributed by atoms with Gasteiger partial charge in [0.05, 0.1) is 11.6 Å². The lowest BCUT2D eigenvalue weighted by molar-refractivity contribution is 0.169. The molecule has 1 saturated carbocycles. The van der Waals surface area contributed by atoms with Crippen molar-refractivity contribution in [1.29, 1.82) is 0 Å². The molecule has 2 heterocycles. The second-order valence-corrected chi connectivity index (χ2v) is 5.50. The number of hydrogen-bond donors (Lipinski definition) is 0. The monoisotopic (exact) mass is 252 g/mol. The SMILES string of the molecule is Cc1nn(C)c2c1nc(CCl)n2C1(C)CCC1. The fourth-order valence-electron chi connectivity index (χ4n) is 2.89. The summed E-state index contributed by atoms with van der Waals surface area (Å²) in [5.41, 5.74) is 3.27. The van der Waals surface area contributed by atoms with Crippen LogP contribution in [0.5, 0.6) is 0 Å². The van der Waals surface area contributed by atoms with Gasteiger partial charge >= 0.3 is 0 Å². The standard InChI is InChI=1S/C12H17ClN4/c1-8-10-11(16(3)15-8)17(9(7-13)14-10)12(2)5-4-6-12/h4-7H2,1-3H3. The molecule has 92 valence electrons. The Bertz CT molecular complexity index is 577. The summed E-state index contributed by atoms with van der Waals surface area (Å²) < 4.78 is 4.23. The van der Waals surface area contributed by atoms with Gasteiger partial charge in [-0.05, 0) is 33.1 Å². The highest BCUT2D eigenvalue weighted by molar-refractivity contribution is 6.16. The highest BCUT2D eigenvalue weighted by Crippen LogP contribution is 2.42. The molecule has 0 aromatic carbocycles. The van der Waals surface area contributed by atoms with Crippen LogP contribution in [0, 0.1) is 6.92 Å². The van der Waals surface area contributed by atoms with Crippen LogP contribution in [0.15, 0.2) is 0 Å². The number of aryl methyl sites for hydroxylation is 2. The van der Waals surface area contributed by atoms with E-state index in [2.05, 4.69) is 21.6 Å². The summed E-state index contributed by atoms with van der Waals surface area (Å²) in [5.74, 6) is 1.43. The van der Waals surface area contributed by atoms with Crippen LogP contribution in [0.25, 0.3) is 11.2 Å². The number of rotatable bonds is 2. The average Bonchev–Trinajstić information content (AvgIpc) is 2.75. The van der Waals surface area contributed by atoms with Crippen molar-refractivity contribution in [2.45, 2.75) is 44.5 Å². The molecule has 0 unspecified atom stereocenters. The van der Waals surface area contributed by atoms with E-state index in [4.69, 9.17) is 11.6 Å². The number of nitrogens with zero attached hydrogens (tertiary/aromatic N) is 4. The Morgan fingerprint density at radius 3 is 2.65 bits per heavy atom. The van der Waals surface area contributed by atoms with Gasteiger partial charge in [0.1, 0.15) is 11.3 Å². The molecule has 0 N–H and O–H groups in total. The topological polar surface area (TPSA) is 35.6 Å². The van der Waals surface area contributed by atoms with Crippen LogP contribution in [0.1, 0.15) is 37.7 Å². The molecule has 3 rings (SSSR count). The molecule has 0 radical (unpaired) electrons. The van der Waals surface area contributed by atoms with Gasteiger partial charge in [-0.3, -0.25) is 4.68 Å². The van der Waals surface area contributed by atoms with Gasteiger partial charge in [0.15, 0.2) is 5.65 Å². The van der Waals surface area contributed by atoms with Crippen LogP contribution in [-0.4, -0.2) is 19.3 Å². The number of hydrogen-bond acceptors (Lipinski definition) is 2. The Kier molecular flexibility index (Phi) is 2.27. The summed E-state index contributed by atoms with van der Waals surface area (Å²) >= 11 is 6.04. The first-order chi connectivity index (χ1) is 8.07. The Morgan fingerprint density at radius 2 is 2.12 bits per heavy atom. The van der Waals surface area contributed by atoms with Crippen LogP contribution in [0.4, 0.5) is 0 Å². The zero-order valence-corrected chi connectivity index (χ0v) is 11.3. The van der Waals surface area contributed by atoms with Crippen molar-refractivity contribution < 1.29 is 0 Å². The molecule has 2 aromatic heterocycles. The molecule has 0 atom stereocenters. The summed E-state index contributed by atoms with van der Waals surface area (Å²) in [4.78, 5) is 4.65. The molecular formula is C12H17ClN4. The molecule has 0 aliphatic heterocycles. The summed E-state index contributed by atoms with van der Waals surface area (Å²) in [7, 11) is 1.98. The number of alkyl halides is 1. The predicted molar refractivity (Wildman–Crippen MR) is 68.3 cm³/mol. The maximum absolute atomic E-state index is 6.04. The highest BCUT2D eigenvalue weighted by Gasteiger charge is 2.37. The van der Waals surface area contributed by atoms with Gasteiger partial charge in [0.2, 0.25) is 0 Å². The molecule has 4 nitrogen and oxygen atoms in total. The van der Waals surface area contributed by atoms with Crippen molar-refractivity contribution in [2.75, 3.05) is 0 Å². The predicted octanol–water partition coefficient (Wildman–Crippen LogP) is 2.72. The largest absolute Gasteiger partial charge is 0.306 e. The summed E-state index contributed by atoms with van der Waals surface area (Å²) in [6.07, 6.45) is 3.69. The van der Waals surface area contributed by atoms with Crippen molar-refractivity contribution in [1.82, 2.24) is 19.3 Å². The molecule has 2 aromatic rings. The average molecular weight is 253 g/mol. The van der Waals surface area contributed by atoms with E-state index in [0.717, 1.165) is 22.7 Å². The van der Waals surface area contributed by atoms with E-state index in [1.807, 2.05) is 18.7 Å². The third-order valence-electron chi connectivity index (χ3n) is 3.96. The number of halogens is 1. The lowest BCUT2D eigenvalue weighted by atomic mass is 9.78. The van der Waals surface area contributed by atoms with Crippen LogP contribution in [0.3, 0.4) is 0 Å². The van der Waals surface area contributed by atoms with Gasteiger partial charge in [0, 0.05) is 12.6 Å². The van der Waals surface area contributed by atoms with Gasteiger partial charge in [-0.25, -0.2) is 4.98 Å². The van der Waals surface area contributed by atoms with Gasteiger partial charge in [-0.2, -0.15) is 5.10 Å². The van der Waals surface area contributed by atoms with Gasteiger partial charge in [-0.15, -0.1) is 11.6 Å². The number of imidazole rings is 1. The molecule has 1 aliphatic rings. The van der Waals surface area contributed by atoms with E-state index >= 15 is 0 Å². The third kappa shape index (κ3) is 1.36. The molecule has 5 heteroatoms. The van der Waals surface area contributed by atoms with Gasteiger partial charge < -0.3 is 4.57 Å². The van der Waals surface area contributed by atoms with E-state index in [9.17, 15) is 0 Å². The van der Waals surface area contributed by atoms with Gasteiger partial charge in [-0.1, -0.05) is 0 Å². The van der Waals surface area contributed by atoms with Crippen LogP contribution >= 0.6 is 11.6 Å². The van der Waals surface area contributed by atoms with Crippen molar-refractivity contribution in [3.63, 3.8) is 0 Å². The minimum Gasteiger partial charge on any atom is -0.306 e. The van der Waals surface area contributed by atoms with Gasteiger partial charge in [0.25, 0.3) is 0 Å². The van der Waals surface area contributed by atoms with E-state index < -0.39 is 0 Å². The second-order valence-electron chi connectivity index (χ2n) is 5.23. The van der Waals surface area contributed by atoms with Crippen molar-refractivity contribution >= 4 is 22.8 Å². The quantitative estimate of drug-likeness (QED) is 0.771. The van der Waals surface area contributed by atoms with Crippen molar-refractivity contribution in [2.24, 2.45) is 7.05 Å². The Labute approximate surface area is 106 Å². The fraction of sp³-hybridized carbons (Fsp3) is 0.667. The van der Waals surface area contributed by atoms with Crippen LogP contribution < -0.4 is 0 Å². The summed E-state index contributed by atoms with van der Waals surface area (Å²) in [6.45, 7) is 4.29. The molecule has 0 saturated heterocycles. The third-order valence-corrected chi connectivity index (χ3v) is 4.20. The molecule has 0 spiro atoms. The lowest BCUT2D eigenvalue weighted by Gasteiger charge is -2.41. The Morgan fingerprint density at radius 1 is 1.41 bits per heavy atom. The molecule has 17 heavy (non-hydrogen) atoms. The molecule has 0 bridgehead atoms. The number of aromatic nitrogens is 4. The van der Waals surface area contributed by atoms with Crippen molar-refractivity contribution in [3.8, 4) is 0 Å². The first-order valence-electron chi connectivity index (χ1n) is 6.04. The lowest BCUT2D eigenvalue weighted by Crippen LogP contribution is -2.38. The van der Waals surface area contributed by atoms with Crippen LogP contribution in [-0.2, 0) is 18.5 Å². The first-order valence-corrected chi connectivity index (χ1v) is 6.57. The maximum Gasteiger partial charge on any atom is 0.159 e. The van der Waals surface area contributed by atoms with E-state index in [0.29, 0.717) is 5.88 Å². The molecule has 0 amide bonds. The zero-order chi connectivity index (χ0) is 12.2. The van der Waals surface area contributed by atoms with Crippen LogP contribution in [0.2, 0.25) is 0 Å².